The minimum atomic E-state index is -1.10. The Bertz CT molecular complexity index is 828. The molecule has 1 aromatic carbocycles. The predicted octanol–water partition coefficient (Wildman–Crippen LogP) is 2.53. The van der Waals surface area contributed by atoms with Gasteiger partial charge in [0.25, 0.3) is 0 Å². The topological polar surface area (TPSA) is 92.0 Å². The van der Waals surface area contributed by atoms with Crippen LogP contribution in [-0.2, 0) is 22.7 Å². The van der Waals surface area contributed by atoms with E-state index in [0.717, 1.165) is 10.5 Å². The largest absolute Gasteiger partial charge is 0.467 e. The van der Waals surface area contributed by atoms with Crippen molar-refractivity contribution in [3.8, 4) is 0 Å². The second-order valence-electron chi connectivity index (χ2n) is 5.88. The first-order chi connectivity index (χ1) is 12.6. The summed E-state index contributed by atoms with van der Waals surface area (Å²) in [5.41, 5.74) is 1.23. The van der Waals surface area contributed by atoms with Gasteiger partial charge in [0.2, 0.25) is 11.8 Å². The van der Waals surface area contributed by atoms with Crippen LogP contribution < -0.4 is 5.32 Å². The summed E-state index contributed by atoms with van der Waals surface area (Å²) in [4.78, 5) is 42.7. The van der Waals surface area contributed by atoms with Crippen LogP contribution >= 0.6 is 0 Å². The zero-order valence-corrected chi connectivity index (χ0v) is 14.3. The molecular formula is C19H19N3O4. The van der Waals surface area contributed by atoms with Crippen LogP contribution in [0.1, 0.15) is 24.7 Å². The van der Waals surface area contributed by atoms with Crippen LogP contribution in [0.15, 0.2) is 58.1 Å². The monoisotopic (exact) mass is 353 g/mol. The highest BCUT2D eigenvalue weighted by Crippen LogP contribution is 2.18. The molecule has 0 radical (unpaired) electrons. The summed E-state index contributed by atoms with van der Waals surface area (Å²) in [5, 5.41) is 2.26. The molecule has 1 atom stereocenters. The lowest BCUT2D eigenvalue weighted by molar-refractivity contribution is -0.139. The van der Waals surface area contributed by atoms with Gasteiger partial charge in [0.1, 0.15) is 5.76 Å². The minimum Gasteiger partial charge on any atom is -0.467 e. The number of hydrogen-bond donors (Lipinski definition) is 1. The molecule has 0 saturated carbocycles. The fourth-order valence-electron chi connectivity index (χ4n) is 2.81. The number of imide groups is 2. The third kappa shape index (κ3) is 3.72. The van der Waals surface area contributed by atoms with E-state index in [9.17, 15) is 14.4 Å². The summed E-state index contributed by atoms with van der Waals surface area (Å²) in [6.45, 7) is 2.16. The summed E-state index contributed by atoms with van der Waals surface area (Å²) in [5.74, 6) is -1.65. The van der Waals surface area contributed by atoms with E-state index in [1.165, 1.54) is 6.26 Å². The average Bonchev–Trinajstić information content (AvgIpc) is 3.15. The highest BCUT2D eigenvalue weighted by Gasteiger charge is 2.42. The molecule has 4 amide bonds. The molecule has 134 valence electrons. The van der Waals surface area contributed by atoms with Crippen LogP contribution in [0.4, 0.5) is 4.79 Å². The van der Waals surface area contributed by atoms with E-state index in [1.807, 2.05) is 37.3 Å². The van der Waals surface area contributed by atoms with Gasteiger partial charge >= 0.3 is 6.03 Å². The average molecular weight is 353 g/mol. The molecule has 7 nitrogen and oxygen atoms in total. The quantitative estimate of drug-likeness (QED) is 0.638. The van der Waals surface area contributed by atoms with Crippen LogP contribution in [-0.4, -0.2) is 28.5 Å². The van der Waals surface area contributed by atoms with Crippen LogP contribution in [0.3, 0.4) is 0 Å². The Morgan fingerprint density at radius 3 is 2.58 bits per heavy atom. The molecule has 3 rings (SSSR count). The Labute approximate surface area is 150 Å². The van der Waals surface area contributed by atoms with E-state index in [1.54, 1.807) is 12.1 Å². The van der Waals surface area contributed by atoms with E-state index in [-0.39, 0.29) is 13.1 Å². The predicted molar refractivity (Wildman–Crippen MR) is 94.2 cm³/mol. The van der Waals surface area contributed by atoms with Crippen molar-refractivity contribution in [2.24, 2.45) is 10.9 Å². The van der Waals surface area contributed by atoms with Crippen molar-refractivity contribution < 1.29 is 18.8 Å². The zero-order valence-electron chi connectivity index (χ0n) is 14.3. The Kier molecular flexibility index (Phi) is 5.26. The summed E-state index contributed by atoms with van der Waals surface area (Å²) in [7, 11) is 0. The van der Waals surface area contributed by atoms with Gasteiger partial charge in [-0.2, -0.15) is 0 Å². The first-order valence-corrected chi connectivity index (χ1v) is 8.36. The molecule has 0 spiro atoms. The van der Waals surface area contributed by atoms with Gasteiger partial charge in [-0.1, -0.05) is 37.3 Å². The number of aliphatic imine (C=N–C) groups is 1. The third-order valence-electron chi connectivity index (χ3n) is 4.15. The van der Waals surface area contributed by atoms with Gasteiger partial charge in [0.05, 0.1) is 19.4 Å². The van der Waals surface area contributed by atoms with Gasteiger partial charge < -0.3 is 4.42 Å². The fourth-order valence-corrected chi connectivity index (χ4v) is 2.81. The highest BCUT2D eigenvalue weighted by atomic mass is 16.3. The second-order valence-corrected chi connectivity index (χ2v) is 5.88. The first kappa shape index (κ1) is 17.6. The number of rotatable bonds is 6. The molecule has 2 aromatic rings. The number of amides is 4. The number of benzene rings is 1. The van der Waals surface area contributed by atoms with Crippen LogP contribution in [0.2, 0.25) is 0 Å². The van der Waals surface area contributed by atoms with E-state index in [0.29, 0.717) is 17.9 Å². The van der Waals surface area contributed by atoms with Gasteiger partial charge in [-0.3, -0.25) is 24.8 Å². The van der Waals surface area contributed by atoms with E-state index in [4.69, 9.17) is 4.42 Å². The van der Waals surface area contributed by atoms with Gasteiger partial charge in [-0.05, 0) is 24.1 Å². The minimum absolute atomic E-state index is 0.102. The SMILES string of the molecule is CCC(=NCc1ccco1)C1C(=O)NC(=O)N(Cc2ccccc2)C1=O. The number of hydrogen-bond acceptors (Lipinski definition) is 5. The van der Waals surface area contributed by atoms with Gasteiger partial charge in [0.15, 0.2) is 5.92 Å². The Hall–Kier alpha value is -3.22. The lowest BCUT2D eigenvalue weighted by Gasteiger charge is -2.30. The number of urea groups is 1. The van der Waals surface area contributed by atoms with Crippen LogP contribution in [0.25, 0.3) is 0 Å². The molecule has 2 heterocycles. The first-order valence-electron chi connectivity index (χ1n) is 8.36. The van der Waals surface area contributed by atoms with E-state index >= 15 is 0 Å². The van der Waals surface area contributed by atoms with Crippen molar-refractivity contribution in [1.82, 2.24) is 10.2 Å². The molecule has 1 N–H and O–H groups in total. The number of barbiturate groups is 1. The summed E-state index contributed by atoms with van der Waals surface area (Å²) >= 11 is 0. The maximum atomic E-state index is 12.9. The molecular weight excluding hydrogens is 334 g/mol. The number of nitrogens with zero attached hydrogens (tertiary/aromatic N) is 2. The summed E-state index contributed by atoms with van der Waals surface area (Å²) in [6, 6.07) is 11.9. The highest BCUT2D eigenvalue weighted by molar-refractivity contribution is 6.27. The van der Waals surface area contributed by atoms with E-state index < -0.39 is 23.8 Å². The molecule has 1 fully saturated rings. The van der Waals surface area contributed by atoms with Gasteiger partial charge in [0, 0.05) is 5.71 Å². The fraction of sp³-hybridized carbons (Fsp3) is 0.263. The third-order valence-corrected chi connectivity index (χ3v) is 4.15. The molecule has 1 aromatic heterocycles. The molecule has 1 aliphatic rings. The number of carbonyl (C=O) groups is 3. The van der Waals surface area contributed by atoms with Crippen molar-refractivity contribution in [2.75, 3.05) is 0 Å². The molecule has 0 aliphatic carbocycles. The van der Waals surface area contributed by atoms with Crippen molar-refractivity contribution in [2.45, 2.75) is 26.4 Å². The molecule has 0 bridgehead atoms. The van der Waals surface area contributed by atoms with Crippen molar-refractivity contribution in [1.29, 1.82) is 0 Å². The number of furan rings is 1. The molecule has 26 heavy (non-hydrogen) atoms. The zero-order chi connectivity index (χ0) is 18.5. The van der Waals surface area contributed by atoms with Gasteiger partial charge in [-0.25, -0.2) is 4.79 Å². The Balaban J connectivity index is 1.82. The lowest BCUT2D eigenvalue weighted by Crippen LogP contribution is -2.59. The van der Waals surface area contributed by atoms with E-state index in [2.05, 4.69) is 10.3 Å². The van der Waals surface area contributed by atoms with Crippen LogP contribution in [0.5, 0.6) is 0 Å². The molecule has 7 heteroatoms. The smallest absolute Gasteiger partial charge is 0.331 e. The second kappa shape index (κ2) is 7.77. The maximum absolute atomic E-state index is 12.9. The lowest BCUT2D eigenvalue weighted by atomic mass is 9.96. The Morgan fingerprint density at radius 2 is 1.92 bits per heavy atom. The van der Waals surface area contributed by atoms with Crippen molar-refractivity contribution in [3.63, 3.8) is 0 Å². The normalized spacial score (nSPS) is 18.2. The summed E-state index contributed by atoms with van der Waals surface area (Å²) < 4.78 is 5.23. The van der Waals surface area contributed by atoms with Crippen molar-refractivity contribution in [3.05, 3.63) is 60.1 Å². The molecule has 1 unspecified atom stereocenters. The summed E-state index contributed by atoms with van der Waals surface area (Å²) in [6.07, 6.45) is 1.95. The maximum Gasteiger partial charge on any atom is 0.331 e. The standard InChI is InChI=1S/C19H19N3O4/c1-2-15(20-11-14-9-6-10-26-14)16-17(23)21-19(25)22(18(16)24)12-13-7-4-3-5-8-13/h3-10,16H,2,11-12H2,1H3,(H,21,23,25). The number of carbonyl (C=O) groups excluding carboxylic acids is 3. The number of nitrogens with one attached hydrogen (secondary N) is 1. The molecule has 1 aliphatic heterocycles. The molecule has 1 saturated heterocycles. The van der Waals surface area contributed by atoms with Crippen molar-refractivity contribution >= 4 is 23.6 Å². The van der Waals surface area contributed by atoms with Gasteiger partial charge in [-0.15, -0.1) is 0 Å². The Morgan fingerprint density at radius 1 is 1.15 bits per heavy atom. The van der Waals surface area contributed by atoms with Crippen LogP contribution in [0, 0.1) is 5.92 Å².